The maximum absolute atomic E-state index is 11.6. The predicted molar refractivity (Wildman–Crippen MR) is 96.9 cm³/mol. The van der Waals surface area contributed by atoms with Gasteiger partial charge in [0.05, 0.1) is 20.3 Å². The summed E-state index contributed by atoms with van der Waals surface area (Å²) in [5, 5.41) is 11.2. The Hall–Kier alpha value is -2.09. The molecule has 1 fully saturated rings. The molecular weight excluding hydrogens is 350 g/mol. The minimum absolute atomic E-state index is 0.0265. The van der Waals surface area contributed by atoms with Gasteiger partial charge in [-0.15, -0.1) is 0 Å². The Bertz CT molecular complexity index is 791. The number of aliphatic hydroxyl groups is 1. The number of rotatable bonds is 4. The smallest absolute Gasteiger partial charge is 0.303 e. The Kier molecular flexibility index (Phi) is 4.61. The van der Waals surface area contributed by atoms with Crippen molar-refractivity contribution in [2.75, 3.05) is 27.9 Å². The first kappa shape index (κ1) is 18.3. The average molecular weight is 375 g/mol. The zero-order valence-electron chi connectivity index (χ0n) is 16.0. The van der Waals surface area contributed by atoms with Gasteiger partial charge in [0.1, 0.15) is 6.10 Å². The third-order valence-corrected chi connectivity index (χ3v) is 5.91. The molecule has 1 N–H and O–H groups in total. The molecule has 1 aromatic rings. The van der Waals surface area contributed by atoms with Crippen LogP contribution in [0.15, 0.2) is 23.8 Å². The van der Waals surface area contributed by atoms with Gasteiger partial charge < -0.3 is 24.1 Å². The van der Waals surface area contributed by atoms with Crippen LogP contribution < -0.4 is 9.47 Å². The third-order valence-electron chi connectivity index (χ3n) is 5.91. The molecule has 2 heterocycles. The molecule has 2 aliphatic heterocycles. The highest BCUT2D eigenvalue weighted by atomic mass is 16.6. The number of ether oxygens (including phenoxy) is 4. The summed E-state index contributed by atoms with van der Waals surface area (Å²) in [5.41, 5.74) is 3.13. The second-order valence-electron chi connectivity index (χ2n) is 7.23. The van der Waals surface area contributed by atoms with Gasteiger partial charge in [0.25, 0.3) is 0 Å². The number of fused-ring (bicyclic) bond motifs is 2. The Balaban J connectivity index is 1.82. The van der Waals surface area contributed by atoms with E-state index in [-0.39, 0.29) is 17.9 Å². The van der Waals surface area contributed by atoms with Crippen LogP contribution in [0.5, 0.6) is 11.5 Å². The SMILES string of the molecule is COc1cc2c(cc1OC)C1C(O)C(OC)C(OC(C)=O)C3=CCN(C2)C31. The number of carbonyl (C=O) groups excluding carboxylic acids is 1. The van der Waals surface area contributed by atoms with Crippen LogP contribution in [-0.2, 0) is 20.8 Å². The normalized spacial score (nSPS) is 31.6. The molecule has 1 aromatic carbocycles. The first-order valence-electron chi connectivity index (χ1n) is 9.07. The molecule has 0 radical (unpaired) electrons. The fourth-order valence-corrected chi connectivity index (χ4v) is 4.84. The summed E-state index contributed by atoms with van der Waals surface area (Å²) < 4.78 is 22.1. The van der Waals surface area contributed by atoms with E-state index in [2.05, 4.69) is 11.0 Å². The molecule has 7 heteroatoms. The van der Waals surface area contributed by atoms with Crippen LogP contribution in [-0.4, -0.2) is 68.2 Å². The average Bonchev–Trinajstić information content (AvgIpc) is 3.07. The van der Waals surface area contributed by atoms with E-state index in [1.165, 1.54) is 14.0 Å². The highest BCUT2D eigenvalue weighted by Crippen LogP contribution is 2.50. The lowest BCUT2D eigenvalue weighted by atomic mass is 9.69. The molecule has 146 valence electrons. The number of hydrogen-bond acceptors (Lipinski definition) is 7. The van der Waals surface area contributed by atoms with Crippen molar-refractivity contribution in [3.05, 3.63) is 34.9 Å². The van der Waals surface area contributed by atoms with Crippen LogP contribution >= 0.6 is 0 Å². The van der Waals surface area contributed by atoms with E-state index >= 15 is 0 Å². The van der Waals surface area contributed by atoms with Gasteiger partial charge in [-0.1, -0.05) is 6.08 Å². The zero-order chi connectivity index (χ0) is 19.3. The lowest BCUT2D eigenvalue weighted by molar-refractivity contribution is -0.163. The topological polar surface area (TPSA) is 77.5 Å². The van der Waals surface area contributed by atoms with E-state index in [4.69, 9.17) is 18.9 Å². The van der Waals surface area contributed by atoms with Crippen LogP contribution in [0.4, 0.5) is 0 Å². The summed E-state index contributed by atoms with van der Waals surface area (Å²) in [5.74, 6) is 0.735. The number of nitrogens with zero attached hydrogens (tertiary/aromatic N) is 1. The van der Waals surface area contributed by atoms with Crippen molar-refractivity contribution in [1.82, 2.24) is 4.90 Å². The molecule has 0 amide bonds. The highest BCUT2D eigenvalue weighted by molar-refractivity contribution is 5.67. The number of carbonyl (C=O) groups is 1. The molecule has 3 aliphatic rings. The number of hydrogen-bond donors (Lipinski definition) is 1. The lowest BCUT2D eigenvalue weighted by Gasteiger charge is -2.49. The van der Waals surface area contributed by atoms with Crippen molar-refractivity contribution in [2.24, 2.45) is 0 Å². The Labute approximate surface area is 158 Å². The highest BCUT2D eigenvalue weighted by Gasteiger charge is 2.55. The summed E-state index contributed by atoms with van der Waals surface area (Å²) >= 11 is 0. The Morgan fingerprint density at radius 2 is 1.89 bits per heavy atom. The molecule has 27 heavy (non-hydrogen) atoms. The number of esters is 1. The van der Waals surface area contributed by atoms with Crippen LogP contribution in [0.3, 0.4) is 0 Å². The van der Waals surface area contributed by atoms with Gasteiger partial charge in [-0.3, -0.25) is 9.69 Å². The Morgan fingerprint density at radius 3 is 2.52 bits per heavy atom. The van der Waals surface area contributed by atoms with Crippen LogP contribution in [0.25, 0.3) is 0 Å². The van der Waals surface area contributed by atoms with E-state index in [1.807, 2.05) is 12.1 Å². The first-order valence-corrected chi connectivity index (χ1v) is 9.07. The van der Waals surface area contributed by atoms with Crippen LogP contribution in [0, 0.1) is 0 Å². The molecule has 1 saturated carbocycles. The number of aliphatic hydroxyl groups excluding tert-OH is 1. The molecule has 0 bridgehead atoms. The zero-order valence-corrected chi connectivity index (χ0v) is 16.0. The van der Waals surface area contributed by atoms with Crippen molar-refractivity contribution in [2.45, 2.75) is 43.7 Å². The fourth-order valence-electron chi connectivity index (χ4n) is 4.84. The summed E-state index contributed by atoms with van der Waals surface area (Å²) in [6.07, 6.45) is 0.0823. The third kappa shape index (κ3) is 2.72. The largest absolute Gasteiger partial charge is 0.493 e. The van der Waals surface area contributed by atoms with Gasteiger partial charge >= 0.3 is 5.97 Å². The van der Waals surface area contributed by atoms with Gasteiger partial charge in [0.15, 0.2) is 17.6 Å². The second-order valence-corrected chi connectivity index (χ2v) is 7.23. The van der Waals surface area contributed by atoms with Crippen LogP contribution in [0.1, 0.15) is 24.0 Å². The van der Waals surface area contributed by atoms with Crippen molar-refractivity contribution in [1.29, 1.82) is 0 Å². The van der Waals surface area contributed by atoms with Crippen molar-refractivity contribution in [3.63, 3.8) is 0 Å². The van der Waals surface area contributed by atoms with Gasteiger partial charge in [-0.05, 0) is 28.8 Å². The van der Waals surface area contributed by atoms with Gasteiger partial charge in [-0.25, -0.2) is 0 Å². The van der Waals surface area contributed by atoms with Gasteiger partial charge in [0, 0.05) is 39.1 Å². The molecule has 7 nitrogen and oxygen atoms in total. The summed E-state index contributed by atoms with van der Waals surface area (Å²) in [4.78, 5) is 13.9. The number of benzene rings is 1. The van der Waals surface area contributed by atoms with E-state index in [1.54, 1.807) is 14.2 Å². The molecule has 0 aromatic heterocycles. The molecule has 5 atom stereocenters. The summed E-state index contributed by atoms with van der Waals surface area (Å²) in [6, 6.07) is 3.91. The molecule has 1 aliphatic carbocycles. The summed E-state index contributed by atoms with van der Waals surface area (Å²) in [7, 11) is 4.76. The van der Waals surface area contributed by atoms with E-state index in [0.29, 0.717) is 11.5 Å². The quantitative estimate of drug-likeness (QED) is 0.627. The molecular formula is C20H25NO6. The van der Waals surface area contributed by atoms with Gasteiger partial charge in [-0.2, -0.15) is 0 Å². The maximum atomic E-state index is 11.6. The lowest BCUT2D eigenvalue weighted by Crippen LogP contribution is -2.59. The fraction of sp³-hybridized carbons (Fsp3) is 0.550. The summed E-state index contributed by atoms with van der Waals surface area (Å²) in [6.45, 7) is 2.85. The predicted octanol–water partition coefficient (Wildman–Crippen LogP) is 1.23. The van der Waals surface area contributed by atoms with Gasteiger partial charge in [0.2, 0.25) is 0 Å². The Morgan fingerprint density at radius 1 is 1.19 bits per heavy atom. The van der Waals surface area contributed by atoms with E-state index < -0.39 is 18.3 Å². The van der Waals surface area contributed by atoms with Crippen LogP contribution in [0.2, 0.25) is 0 Å². The minimum Gasteiger partial charge on any atom is -0.493 e. The van der Waals surface area contributed by atoms with Crippen molar-refractivity contribution < 1.29 is 28.8 Å². The molecule has 4 rings (SSSR count). The molecule has 0 spiro atoms. The monoisotopic (exact) mass is 375 g/mol. The molecule has 0 saturated heterocycles. The van der Waals surface area contributed by atoms with Crippen molar-refractivity contribution in [3.8, 4) is 11.5 Å². The minimum atomic E-state index is -0.820. The molecule has 5 unspecified atom stereocenters. The maximum Gasteiger partial charge on any atom is 0.303 e. The number of methoxy groups -OCH3 is 3. The van der Waals surface area contributed by atoms with Crippen molar-refractivity contribution >= 4 is 5.97 Å². The first-order chi connectivity index (χ1) is 13.0. The van der Waals surface area contributed by atoms with E-state index in [9.17, 15) is 9.90 Å². The van der Waals surface area contributed by atoms with E-state index in [0.717, 1.165) is 29.8 Å². The standard InChI is InChI=1S/C20H25NO6/c1-10(22)27-19-12-5-6-21-9-11-7-14(24-2)15(25-3)8-13(11)16(17(12)21)18(23)20(19)26-4/h5,7-8,16-20,23H,6,9H2,1-4H3. The second kappa shape index (κ2) is 6.82.